The van der Waals surface area contributed by atoms with E-state index in [1.807, 2.05) is 18.5 Å². The van der Waals surface area contributed by atoms with Crippen LogP contribution < -0.4 is 8.46 Å². The van der Waals surface area contributed by atoms with Crippen molar-refractivity contribution in [1.82, 2.24) is 3.89 Å². The first-order valence-corrected chi connectivity index (χ1v) is 14.3. The second kappa shape index (κ2) is 8.80. The zero-order chi connectivity index (χ0) is 25.6. The SMILES string of the molecule is CCc1ccc([N+](CS(=O)(=O)O)(C(=O)c2c3ccccc3[n+](C)c3ccccc23)S(C)(=O)=O)cc1. The minimum absolute atomic E-state index is 0.0583. The average molecular weight is 515 g/mol. The van der Waals surface area contributed by atoms with E-state index >= 15 is 0 Å². The number of aromatic nitrogens is 1. The summed E-state index contributed by atoms with van der Waals surface area (Å²) in [4.78, 5) is 14.5. The molecule has 0 saturated carbocycles. The number of nitrogens with zero attached hydrogens (tertiary/aromatic N) is 2. The number of hydrogen-bond acceptors (Lipinski definition) is 5. The first kappa shape index (κ1) is 24.9. The number of amides is 1. The normalized spacial score (nSPS) is 14.2. The van der Waals surface area contributed by atoms with Crippen LogP contribution >= 0.6 is 0 Å². The molecule has 3 aromatic carbocycles. The van der Waals surface area contributed by atoms with Crippen molar-refractivity contribution in [3.8, 4) is 0 Å². The number of aryl methyl sites for hydroxylation is 2. The highest BCUT2D eigenvalue weighted by atomic mass is 32.2. The van der Waals surface area contributed by atoms with Gasteiger partial charge in [0.15, 0.2) is 5.69 Å². The Morgan fingerprint density at radius 1 is 0.857 bits per heavy atom. The third-order valence-corrected chi connectivity index (χ3v) is 8.80. The van der Waals surface area contributed by atoms with Crippen LogP contribution in [0.2, 0.25) is 0 Å². The minimum Gasteiger partial charge on any atom is -0.281 e. The third-order valence-electron chi connectivity index (χ3n) is 6.28. The molecule has 0 bridgehead atoms. The van der Waals surface area contributed by atoms with Gasteiger partial charge in [-0.25, -0.2) is 4.79 Å². The predicted octanol–water partition coefficient (Wildman–Crippen LogP) is 3.33. The Labute approximate surface area is 204 Å². The van der Waals surface area contributed by atoms with Crippen LogP contribution in [0.3, 0.4) is 0 Å². The lowest BCUT2D eigenvalue weighted by Gasteiger charge is -2.31. The molecule has 8 nitrogen and oxygen atoms in total. The number of rotatable bonds is 6. The third kappa shape index (κ3) is 4.23. The van der Waals surface area contributed by atoms with E-state index in [-0.39, 0.29) is 11.3 Å². The van der Waals surface area contributed by atoms with Crippen molar-refractivity contribution in [1.29, 1.82) is 0 Å². The van der Waals surface area contributed by atoms with Gasteiger partial charge in [0.25, 0.3) is 0 Å². The Kier molecular flexibility index (Phi) is 6.26. The molecule has 0 fully saturated rings. The van der Waals surface area contributed by atoms with E-state index in [4.69, 9.17) is 0 Å². The summed E-state index contributed by atoms with van der Waals surface area (Å²) in [5.41, 5.74) is 2.18. The molecule has 35 heavy (non-hydrogen) atoms. The van der Waals surface area contributed by atoms with Crippen molar-refractivity contribution >= 4 is 53.5 Å². The van der Waals surface area contributed by atoms with E-state index < -0.39 is 35.8 Å². The lowest BCUT2D eigenvalue weighted by molar-refractivity contribution is -0.617. The summed E-state index contributed by atoms with van der Waals surface area (Å²) >= 11 is 0. The summed E-state index contributed by atoms with van der Waals surface area (Å²) < 4.78 is 61.4. The van der Waals surface area contributed by atoms with Gasteiger partial charge in [0.2, 0.25) is 16.9 Å². The molecule has 4 rings (SSSR count). The number of carbonyl (C=O) groups is 1. The quantitative estimate of drug-likeness (QED) is 0.183. The highest BCUT2D eigenvalue weighted by molar-refractivity contribution is 7.92. The van der Waals surface area contributed by atoms with Crippen LogP contribution in [-0.2, 0) is 33.6 Å². The number of quaternary nitrogens is 1. The van der Waals surface area contributed by atoms with Crippen molar-refractivity contribution < 1.29 is 30.7 Å². The molecule has 1 atom stereocenters. The highest BCUT2D eigenvalue weighted by Crippen LogP contribution is 2.35. The Hall–Kier alpha value is -3.18. The fourth-order valence-corrected chi connectivity index (χ4v) is 7.32. The number of sulfonamides is 1. The topological polar surface area (TPSA) is 109 Å². The number of benzene rings is 3. The largest absolute Gasteiger partial charge is 0.368 e. The van der Waals surface area contributed by atoms with E-state index in [9.17, 15) is 26.2 Å². The zero-order valence-corrected chi connectivity index (χ0v) is 21.2. The van der Waals surface area contributed by atoms with Crippen LogP contribution in [0.25, 0.3) is 21.8 Å². The van der Waals surface area contributed by atoms with E-state index in [1.165, 1.54) is 12.1 Å². The molecule has 0 radical (unpaired) electrons. The maximum Gasteiger partial charge on any atom is 0.368 e. The van der Waals surface area contributed by atoms with Crippen LogP contribution in [0.15, 0.2) is 72.8 Å². The Bertz CT molecular complexity index is 1620. The molecule has 1 heterocycles. The molecule has 182 valence electrons. The van der Waals surface area contributed by atoms with Crippen LogP contribution in [0.1, 0.15) is 22.8 Å². The first-order valence-electron chi connectivity index (χ1n) is 10.9. The molecule has 0 aliphatic carbocycles. The number of pyridine rings is 1. The summed E-state index contributed by atoms with van der Waals surface area (Å²) in [5.74, 6) is -2.33. The van der Waals surface area contributed by atoms with Crippen molar-refractivity contribution in [3.05, 3.63) is 83.9 Å². The van der Waals surface area contributed by atoms with Gasteiger partial charge >= 0.3 is 26.0 Å². The summed E-state index contributed by atoms with van der Waals surface area (Å²) in [6, 6.07) is 20.2. The van der Waals surface area contributed by atoms with Crippen LogP contribution in [0.5, 0.6) is 0 Å². The van der Waals surface area contributed by atoms with Gasteiger partial charge in [-0.1, -0.05) is 43.3 Å². The van der Waals surface area contributed by atoms with Gasteiger partial charge in [-0.05, 0) is 24.1 Å². The Morgan fingerprint density at radius 2 is 1.34 bits per heavy atom. The Morgan fingerprint density at radius 3 is 1.77 bits per heavy atom. The average Bonchev–Trinajstić information content (AvgIpc) is 2.81. The summed E-state index contributed by atoms with van der Waals surface area (Å²) in [5, 5.41) is 0.927. The number of para-hydroxylation sites is 2. The van der Waals surface area contributed by atoms with Crippen molar-refractivity contribution in [2.45, 2.75) is 13.3 Å². The van der Waals surface area contributed by atoms with Crippen LogP contribution in [-0.4, -0.2) is 39.4 Å². The maximum absolute atomic E-state index is 14.5. The molecule has 1 amide bonds. The first-order chi connectivity index (χ1) is 16.4. The van der Waals surface area contributed by atoms with Gasteiger partial charge in [-0.15, -0.1) is 3.89 Å². The van der Waals surface area contributed by atoms with Gasteiger partial charge in [0.1, 0.15) is 12.6 Å². The molecular weight excluding hydrogens is 488 g/mol. The van der Waals surface area contributed by atoms with Crippen LogP contribution in [0, 0.1) is 0 Å². The van der Waals surface area contributed by atoms with E-state index in [2.05, 4.69) is 0 Å². The van der Waals surface area contributed by atoms with Crippen molar-refractivity contribution in [2.24, 2.45) is 7.05 Å². The molecule has 0 spiro atoms. The zero-order valence-electron chi connectivity index (χ0n) is 19.5. The summed E-state index contributed by atoms with van der Waals surface area (Å²) in [6.45, 7) is 1.92. The molecule has 1 aromatic heterocycles. The van der Waals surface area contributed by atoms with E-state index in [0.29, 0.717) is 28.2 Å². The van der Waals surface area contributed by atoms with Gasteiger partial charge in [0.05, 0.1) is 17.0 Å². The second-order valence-electron chi connectivity index (χ2n) is 8.48. The molecule has 0 aliphatic heterocycles. The molecular formula is C25H26N2O6S2+2. The molecule has 1 N–H and O–H groups in total. The standard InChI is InChI=1S/C25H25N2O6S2/c1-4-18-13-15-19(16-14-18)27(34(3,29)30,17-35(31,32)33)25(28)24-20-9-5-7-11-22(20)26(2)23-12-8-6-10-21(23)24/h5-16H,4,17H2,1-3H3/q+1/p+1. The van der Waals surface area contributed by atoms with Crippen molar-refractivity contribution in [2.75, 3.05) is 12.1 Å². The minimum atomic E-state index is -4.93. The van der Waals surface area contributed by atoms with Gasteiger partial charge < -0.3 is 0 Å². The van der Waals surface area contributed by atoms with Gasteiger partial charge in [-0.2, -0.15) is 21.4 Å². The lowest BCUT2D eigenvalue weighted by atomic mass is 10.0. The fourth-order valence-electron chi connectivity index (χ4n) is 4.53. The Balaban J connectivity index is 2.19. The maximum atomic E-state index is 14.5. The number of hydrogen-bond donors (Lipinski definition) is 1. The summed E-state index contributed by atoms with van der Waals surface area (Å²) in [7, 11) is -7.58. The van der Waals surface area contributed by atoms with E-state index in [1.54, 1.807) is 60.7 Å². The molecule has 0 aliphatic rings. The predicted molar refractivity (Wildman–Crippen MR) is 136 cm³/mol. The molecule has 1 unspecified atom stereocenters. The lowest BCUT2D eigenvalue weighted by Crippen LogP contribution is -2.60. The van der Waals surface area contributed by atoms with Gasteiger partial charge in [-0.3, -0.25) is 4.55 Å². The van der Waals surface area contributed by atoms with Crippen molar-refractivity contribution in [3.63, 3.8) is 0 Å². The molecule has 0 saturated heterocycles. The fraction of sp³-hybridized carbons (Fsp3) is 0.200. The van der Waals surface area contributed by atoms with Gasteiger partial charge in [0, 0.05) is 24.3 Å². The summed E-state index contributed by atoms with van der Waals surface area (Å²) in [6.07, 6.45) is 1.47. The smallest absolute Gasteiger partial charge is 0.281 e. The number of fused-ring (bicyclic) bond motifs is 2. The highest BCUT2D eigenvalue weighted by Gasteiger charge is 2.53. The molecule has 10 heteroatoms. The molecule has 4 aromatic rings. The number of carbonyl (C=O) groups excluding carboxylic acids is 1. The monoisotopic (exact) mass is 514 g/mol. The van der Waals surface area contributed by atoms with Crippen LogP contribution in [0.4, 0.5) is 5.69 Å². The van der Waals surface area contributed by atoms with E-state index in [0.717, 1.165) is 11.8 Å². The second-order valence-corrected chi connectivity index (χ2v) is 12.0.